The molecule has 0 radical (unpaired) electrons. The molecule has 0 atom stereocenters. The summed E-state index contributed by atoms with van der Waals surface area (Å²) in [4.78, 5) is 11.7. The maximum absolute atomic E-state index is 11.7. The first-order valence-electron chi connectivity index (χ1n) is 5.74. The summed E-state index contributed by atoms with van der Waals surface area (Å²) in [5, 5.41) is 4.05. The lowest BCUT2D eigenvalue weighted by atomic mass is 10.2. The second-order valence-electron chi connectivity index (χ2n) is 3.68. The second kappa shape index (κ2) is 5.82. The maximum atomic E-state index is 11.7. The van der Waals surface area contributed by atoms with Crippen molar-refractivity contribution in [2.45, 2.75) is 13.5 Å². The molecule has 0 N–H and O–H groups in total. The van der Waals surface area contributed by atoms with Gasteiger partial charge in [-0.1, -0.05) is 12.2 Å². The van der Waals surface area contributed by atoms with Crippen LogP contribution < -0.4 is 0 Å². The van der Waals surface area contributed by atoms with Crippen molar-refractivity contribution in [3.63, 3.8) is 0 Å². The summed E-state index contributed by atoms with van der Waals surface area (Å²) in [7, 11) is 0. The van der Waals surface area contributed by atoms with Gasteiger partial charge in [-0.2, -0.15) is 5.10 Å². The van der Waals surface area contributed by atoms with Crippen molar-refractivity contribution in [3.8, 4) is 0 Å². The highest BCUT2D eigenvalue weighted by molar-refractivity contribution is 6.04. The van der Waals surface area contributed by atoms with Crippen molar-refractivity contribution in [3.05, 3.63) is 60.3 Å². The smallest absolute Gasteiger partial charge is 0.188 e. The molecule has 2 heterocycles. The van der Waals surface area contributed by atoms with Crippen LogP contribution in [0.5, 0.6) is 0 Å². The molecule has 0 aromatic carbocycles. The van der Waals surface area contributed by atoms with Gasteiger partial charge in [0, 0.05) is 12.7 Å². The predicted molar refractivity (Wildman–Crippen MR) is 69.1 cm³/mol. The molecule has 0 aliphatic rings. The standard InChI is InChI=1S/C14H14N2O2/c1-2-16-11-12(10-15-16)14(17)8-4-3-6-13-7-5-9-18-13/h3-11H,2H2,1H3/b6-3+,8-4+. The lowest BCUT2D eigenvalue weighted by Crippen LogP contribution is -1.94. The molecule has 0 unspecified atom stereocenters. The average Bonchev–Trinajstić information content (AvgIpc) is 3.05. The van der Waals surface area contributed by atoms with E-state index in [0.29, 0.717) is 5.56 Å². The van der Waals surface area contributed by atoms with Gasteiger partial charge in [0.2, 0.25) is 0 Å². The zero-order valence-corrected chi connectivity index (χ0v) is 10.1. The number of nitrogens with zero attached hydrogens (tertiary/aromatic N) is 2. The fraction of sp³-hybridized carbons (Fsp3) is 0.143. The Bertz CT molecular complexity index is 562. The van der Waals surface area contributed by atoms with E-state index in [2.05, 4.69) is 5.10 Å². The third-order valence-electron chi connectivity index (χ3n) is 2.40. The van der Waals surface area contributed by atoms with Crippen molar-refractivity contribution in [1.82, 2.24) is 9.78 Å². The highest BCUT2D eigenvalue weighted by Crippen LogP contribution is 2.03. The lowest BCUT2D eigenvalue weighted by Gasteiger charge is -1.90. The van der Waals surface area contributed by atoms with Crippen molar-refractivity contribution >= 4 is 11.9 Å². The second-order valence-corrected chi connectivity index (χ2v) is 3.68. The number of ketones is 1. The van der Waals surface area contributed by atoms with Gasteiger partial charge >= 0.3 is 0 Å². The summed E-state index contributed by atoms with van der Waals surface area (Å²) in [6.07, 6.45) is 11.7. The van der Waals surface area contributed by atoms with Crippen molar-refractivity contribution < 1.29 is 9.21 Å². The fourth-order valence-electron chi connectivity index (χ4n) is 1.44. The largest absolute Gasteiger partial charge is 0.465 e. The van der Waals surface area contributed by atoms with Gasteiger partial charge in [-0.15, -0.1) is 0 Å². The Morgan fingerprint density at radius 1 is 1.50 bits per heavy atom. The zero-order chi connectivity index (χ0) is 12.8. The molecule has 4 heteroatoms. The van der Waals surface area contributed by atoms with Gasteiger partial charge in [0.05, 0.1) is 18.0 Å². The molecular formula is C14H14N2O2. The molecule has 92 valence electrons. The van der Waals surface area contributed by atoms with Gasteiger partial charge < -0.3 is 4.42 Å². The van der Waals surface area contributed by atoms with E-state index in [0.717, 1.165) is 12.3 Å². The molecule has 0 saturated carbocycles. The van der Waals surface area contributed by atoms with Crippen LogP contribution in [0.15, 0.2) is 53.4 Å². The first-order chi connectivity index (χ1) is 8.79. The van der Waals surface area contributed by atoms with Crippen LogP contribution in [0.3, 0.4) is 0 Å². The summed E-state index contributed by atoms with van der Waals surface area (Å²) < 4.78 is 6.85. The minimum Gasteiger partial charge on any atom is -0.465 e. The quantitative estimate of drug-likeness (QED) is 0.460. The third kappa shape index (κ3) is 3.07. The van der Waals surface area contributed by atoms with E-state index < -0.39 is 0 Å². The number of furan rings is 1. The number of aryl methyl sites for hydroxylation is 1. The van der Waals surface area contributed by atoms with Crippen molar-refractivity contribution in [2.24, 2.45) is 0 Å². The van der Waals surface area contributed by atoms with E-state index in [-0.39, 0.29) is 5.78 Å². The molecule has 4 nitrogen and oxygen atoms in total. The molecular weight excluding hydrogens is 228 g/mol. The van der Waals surface area contributed by atoms with Crippen LogP contribution in [0.25, 0.3) is 6.08 Å². The van der Waals surface area contributed by atoms with Gasteiger partial charge in [-0.05, 0) is 31.2 Å². The number of hydrogen-bond acceptors (Lipinski definition) is 3. The normalized spacial score (nSPS) is 11.6. The fourth-order valence-corrected chi connectivity index (χ4v) is 1.44. The minimum absolute atomic E-state index is 0.0567. The number of carbonyl (C=O) groups excluding carboxylic acids is 1. The molecule has 0 amide bonds. The van der Waals surface area contributed by atoms with Crippen molar-refractivity contribution in [1.29, 1.82) is 0 Å². The molecule has 0 saturated heterocycles. The first kappa shape index (κ1) is 12.1. The highest BCUT2D eigenvalue weighted by atomic mass is 16.3. The van der Waals surface area contributed by atoms with E-state index in [1.165, 1.54) is 6.08 Å². The maximum Gasteiger partial charge on any atom is 0.188 e. The van der Waals surface area contributed by atoms with Crippen LogP contribution in [0.2, 0.25) is 0 Å². The van der Waals surface area contributed by atoms with E-state index in [4.69, 9.17) is 4.42 Å². The molecule has 18 heavy (non-hydrogen) atoms. The summed E-state index contributed by atoms with van der Waals surface area (Å²) in [5.74, 6) is 0.699. The van der Waals surface area contributed by atoms with Gasteiger partial charge in [-0.3, -0.25) is 9.48 Å². The third-order valence-corrected chi connectivity index (χ3v) is 2.40. The molecule has 2 aromatic heterocycles. The Balaban J connectivity index is 1.94. The lowest BCUT2D eigenvalue weighted by molar-refractivity contribution is 0.104. The Kier molecular flexibility index (Phi) is 3.91. The number of aromatic nitrogens is 2. The Labute approximate surface area is 105 Å². The number of carbonyl (C=O) groups is 1. The monoisotopic (exact) mass is 242 g/mol. The molecule has 0 spiro atoms. The summed E-state index contributed by atoms with van der Waals surface area (Å²) >= 11 is 0. The SMILES string of the molecule is CCn1cc(C(=O)/C=C/C=C/c2ccco2)cn1. The Hall–Kier alpha value is -2.36. The Morgan fingerprint density at radius 3 is 3.06 bits per heavy atom. The highest BCUT2D eigenvalue weighted by Gasteiger charge is 2.03. The Morgan fingerprint density at radius 2 is 2.39 bits per heavy atom. The van der Waals surface area contributed by atoms with Gasteiger partial charge in [0.25, 0.3) is 0 Å². The molecule has 2 rings (SSSR count). The molecule has 0 fully saturated rings. The van der Waals surface area contributed by atoms with Crippen molar-refractivity contribution in [2.75, 3.05) is 0 Å². The average molecular weight is 242 g/mol. The molecule has 0 bridgehead atoms. The van der Waals surface area contributed by atoms with Crippen LogP contribution in [-0.2, 0) is 6.54 Å². The van der Waals surface area contributed by atoms with Gasteiger partial charge in [-0.25, -0.2) is 0 Å². The molecule has 2 aromatic rings. The number of hydrogen-bond donors (Lipinski definition) is 0. The summed E-state index contributed by atoms with van der Waals surface area (Å²) in [5.41, 5.74) is 0.597. The van der Waals surface area contributed by atoms with E-state index in [9.17, 15) is 4.79 Å². The topological polar surface area (TPSA) is 48.0 Å². The number of rotatable bonds is 5. The minimum atomic E-state index is -0.0567. The molecule has 0 aliphatic carbocycles. The van der Waals surface area contributed by atoms with E-state index in [1.54, 1.807) is 41.6 Å². The number of allylic oxidation sites excluding steroid dienone is 3. The summed E-state index contributed by atoms with van der Waals surface area (Å²) in [6, 6.07) is 3.66. The predicted octanol–water partition coefficient (Wildman–Crippen LogP) is 2.95. The molecule has 0 aliphatic heterocycles. The zero-order valence-electron chi connectivity index (χ0n) is 10.1. The van der Waals surface area contributed by atoms with E-state index >= 15 is 0 Å². The first-order valence-corrected chi connectivity index (χ1v) is 5.74. The van der Waals surface area contributed by atoms with E-state index in [1.807, 2.05) is 19.1 Å². The summed E-state index contributed by atoms with van der Waals surface area (Å²) in [6.45, 7) is 2.73. The van der Waals surface area contributed by atoms with Crippen LogP contribution in [0.4, 0.5) is 0 Å². The van der Waals surface area contributed by atoms with Crippen LogP contribution in [0.1, 0.15) is 23.0 Å². The van der Waals surface area contributed by atoms with Crippen LogP contribution in [0, 0.1) is 0 Å². The van der Waals surface area contributed by atoms with Crippen LogP contribution >= 0.6 is 0 Å². The van der Waals surface area contributed by atoms with Gasteiger partial charge in [0.1, 0.15) is 5.76 Å². The van der Waals surface area contributed by atoms with Crippen LogP contribution in [-0.4, -0.2) is 15.6 Å². The van der Waals surface area contributed by atoms with Gasteiger partial charge in [0.15, 0.2) is 5.78 Å².